The van der Waals surface area contributed by atoms with E-state index in [1.807, 2.05) is 24.3 Å². The van der Waals surface area contributed by atoms with Crippen LogP contribution in [0.15, 0.2) is 53.2 Å². The monoisotopic (exact) mass is 353 g/mol. The number of carbonyl (C=O) groups is 1. The van der Waals surface area contributed by atoms with E-state index in [0.29, 0.717) is 23.8 Å². The van der Waals surface area contributed by atoms with Gasteiger partial charge >= 0.3 is 5.97 Å². The molecule has 6 heteroatoms. The van der Waals surface area contributed by atoms with Crippen molar-refractivity contribution in [3.8, 4) is 17.2 Å². The molecule has 26 heavy (non-hydrogen) atoms. The molecule has 0 saturated heterocycles. The van der Waals surface area contributed by atoms with Crippen molar-refractivity contribution in [2.75, 3.05) is 21.3 Å². The van der Waals surface area contributed by atoms with Crippen LogP contribution in [0.1, 0.15) is 11.1 Å². The lowest BCUT2D eigenvalue weighted by molar-refractivity contribution is -0.130. The van der Waals surface area contributed by atoms with Gasteiger partial charge in [0.05, 0.1) is 21.3 Å². The quantitative estimate of drug-likeness (QED) is 0.589. The second kappa shape index (κ2) is 7.74. The molecule has 134 valence electrons. The molecule has 0 amide bonds. The maximum absolute atomic E-state index is 12.1. The summed E-state index contributed by atoms with van der Waals surface area (Å²) in [6.45, 7) is 0. The van der Waals surface area contributed by atoms with Crippen molar-refractivity contribution in [3.63, 3.8) is 0 Å². The second-order valence-electron chi connectivity index (χ2n) is 5.60. The number of carbonyl (C=O) groups excluding carboxylic acids is 1. The molecule has 0 aromatic heterocycles. The number of rotatable bonds is 6. The van der Waals surface area contributed by atoms with Gasteiger partial charge < -0.3 is 18.9 Å². The third-order valence-electron chi connectivity index (χ3n) is 3.86. The number of ether oxygens (including phenoxy) is 4. The van der Waals surface area contributed by atoms with Gasteiger partial charge in [0.25, 0.3) is 0 Å². The molecule has 3 rings (SSSR count). The van der Waals surface area contributed by atoms with Gasteiger partial charge in [0, 0.05) is 12.5 Å². The molecule has 0 radical (unpaired) electrons. The number of aliphatic imine (C=N–C) groups is 1. The molecular formula is C20H19NO5. The van der Waals surface area contributed by atoms with Gasteiger partial charge in [0.2, 0.25) is 5.90 Å². The highest BCUT2D eigenvalue weighted by molar-refractivity contribution is 6.07. The summed E-state index contributed by atoms with van der Waals surface area (Å²) in [7, 11) is 4.75. The Hall–Kier alpha value is -3.28. The van der Waals surface area contributed by atoms with Crippen molar-refractivity contribution >= 4 is 17.9 Å². The first-order chi connectivity index (χ1) is 12.6. The van der Waals surface area contributed by atoms with Crippen LogP contribution in [0, 0.1) is 0 Å². The van der Waals surface area contributed by atoms with E-state index in [9.17, 15) is 4.79 Å². The van der Waals surface area contributed by atoms with Gasteiger partial charge in [0.15, 0.2) is 5.70 Å². The predicted octanol–water partition coefficient (Wildman–Crippen LogP) is 3.25. The predicted molar refractivity (Wildman–Crippen MR) is 97.7 cm³/mol. The Kier molecular flexibility index (Phi) is 5.22. The molecule has 0 N–H and O–H groups in total. The van der Waals surface area contributed by atoms with E-state index in [4.69, 9.17) is 18.9 Å². The van der Waals surface area contributed by atoms with Crippen LogP contribution in [0.4, 0.5) is 0 Å². The van der Waals surface area contributed by atoms with Crippen molar-refractivity contribution < 1.29 is 23.7 Å². The smallest absolute Gasteiger partial charge is 0.363 e. The zero-order valence-electron chi connectivity index (χ0n) is 14.8. The van der Waals surface area contributed by atoms with Crippen LogP contribution in [-0.2, 0) is 16.0 Å². The Morgan fingerprint density at radius 2 is 1.54 bits per heavy atom. The standard InChI is InChI=1S/C20H19NO5/c1-23-15-6-4-13(5-7-15)11-19-21-18(20(22)26-19)10-14-8-16(24-2)12-17(9-14)25-3/h4-10,12H,11H2,1-3H3/b18-10+. The van der Waals surface area contributed by atoms with Gasteiger partial charge in [-0.3, -0.25) is 0 Å². The number of hydrogen-bond donors (Lipinski definition) is 0. The van der Waals surface area contributed by atoms with Gasteiger partial charge in [-0.1, -0.05) is 12.1 Å². The summed E-state index contributed by atoms with van der Waals surface area (Å²) in [6, 6.07) is 12.9. The van der Waals surface area contributed by atoms with E-state index in [-0.39, 0.29) is 5.70 Å². The van der Waals surface area contributed by atoms with Gasteiger partial charge in [-0.05, 0) is 41.5 Å². The lowest BCUT2D eigenvalue weighted by atomic mass is 10.1. The summed E-state index contributed by atoms with van der Waals surface area (Å²) in [5.74, 6) is 1.92. The highest BCUT2D eigenvalue weighted by atomic mass is 16.6. The van der Waals surface area contributed by atoms with Crippen LogP contribution in [0.25, 0.3) is 6.08 Å². The second-order valence-corrected chi connectivity index (χ2v) is 5.60. The van der Waals surface area contributed by atoms with Crippen molar-refractivity contribution in [2.45, 2.75) is 6.42 Å². The molecule has 1 aliphatic rings. The van der Waals surface area contributed by atoms with E-state index in [2.05, 4.69) is 4.99 Å². The van der Waals surface area contributed by atoms with E-state index in [1.54, 1.807) is 45.6 Å². The van der Waals surface area contributed by atoms with Crippen molar-refractivity contribution in [3.05, 3.63) is 59.3 Å². The Balaban J connectivity index is 1.81. The van der Waals surface area contributed by atoms with Crippen molar-refractivity contribution in [1.29, 1.82) is 0 Å². The van der Waals surface area contributed by atoms with Crippen LogP contribution < -0.4 is 14.2 Å². The first-order valence-electron chi connectivity index (χ1n) is 7.98. The zero-order chi connectivity index (χ0) is 18.5. The highest BCUT2D eigenvalue weighted by Crippen LogP contribution is 2.25. The normalized spacial score (nSPS) is 14.8. The molecule has 2 aromatic carbocycles. The van der Waals surface area contributed by atoms with Crippen LogP contribution >= 0.6 is 0 Å². The Bertz CT molecular complexity index is 846. The Morgan fingerprint density at radius 1 is 0.923 bits per heavy atom. The van der Waals surface area contributed by atoms with E-state index < -0.39 is 5.97 Å². The van der Waals surface area contributed by atoms with Gasteiger partial charge in [-0.25, -0.2) is 9.79 Å². The lowest BCUT2D eigenvalue weighted by Crippen LogP contribution is -2.06. The third-order valence-corrected chi connectivity index (χ3v) is 3.86. The number of cyclic esters (lactones) is 1. The first-order valence-corrected chi connectivity index (χ1v) is 7.98. The number of esters is 1. The fourth-order valence-electron chi connectivity index (χ4n) is 2.52. The van der Waals surface area contributed by atoms with E-state index in [0.717, 1.165) is 16.9 Å². The molecule has 0 saturated carbocycles. The van der Waals surface area contributed by atoms with Gasteiger partial charge in [0.1, 0.15) is 17.2 Å². The van der Waals surface area contributed by atoms with Crippen molar-refractivity contribution in [1.82, 2.24) is 0 Å². The average molecular weight is 353 g/mol. The maximum atomic E-state index is 12.1. The lowest BCUT2D eigenvalue weighted by Gasteiger charge is -2.05. The molecule has 0 bridgehead atoms. The van der Waals surface area contributed by atoms with Crippen LogP contribution in [0.5, 0.6) is 17.2 Å². The summed E-state index contributed by atoms with van der Waals surface area (Å²) >= 11 is 0. The molecular weight excluding hydrogens is 334 g/mol. The topological polar surface area (TPSA) is 66.3 Å². The number of hydrogen-bond acceptors (Lipinski definition) is 6. The SMILES string of the molecule is COc1ccc(CC2=N/C(=C/c3cc(OC)cc(OC)c3)C(=O)O2)cc1. The number of nitrogens with zero attached hydrogens (tertiary/aromatic N) is 1. The Labute approximate surface area is 151 Å². The molecule has 0 unspecified atom stereocenters. The summed E-state index contributed by atoms with van der Waals surface area (Å²) < 4.78 is 20.9. The van der Waals surface area contributed by atoms with Gasteiger partial charge in [-0.2, -0.15) is 0 Å². The van der Waals surface area contributed by atoms with Gasteiger partial charge in [-0.15, -0.1) is 0 Å². The fourth-order valence-corrected chi connectivity index (χ4v) is 2.52. The minimum Gasteiger partial charge on any atom is -0.497 e. The zero-order valence-corrected chi connectivity index (χ0v) is 14.8. The van der Waals surface area contributed by atoms with Crippen LogP contribution in [-0.4, -0.2) is 33.2 Å². The molecule has 0 aliphatic carbocycles. The highest BCUT2D eigenvalue weighted by Gasteiger charge is 2.23. The Morgan fingerprint density at radius 3 is 2.12 bits per heavy atom. The number of benzene rings is 2. The van der Waals surface area contributed by atoms with Crippen LogP contribution in [0.3, 0.4) is 0 Å². The summed E-state index contributed by atoms with van der Waals surface area (Å²) in [5.41, 5.74) is 1.95. The molecule has 1 aliphatic heterocycles. The molecule has 2 aromatic rings. The van der Waals surface area contributed by atoms with Crippen molar-refractivity contribution in [2.24, 2.45) is 4.99 Å². The number of methoxy groups -OCH3 is 3. The summed E-state index contributed by atoms with van der Waals surface area (Å²) in [6.07, 6.45) is 2.07. The molecule has 0 fully saturated rings. The molecule has 0 spiro atoms. The minimum absolute atomic E-state index is 0.240. The molecule has 1 heterocycles. The largest absolute Gasteiger partial charge is 0.497 e. The first kappa shape index (κ1) is 17.5. The minimum atomic E-state index is -0.477. The summed E-state index contributed by atoms with van der Waals surface area (Å²) in [4.78, 5) is 16.4. The average Bonchev–Trinajstić information content (AvgIpc) is 3.00. The van der Waals surface area contributed by atoms with Crippen LogP contribution in [0.2, 0.25) is 0 Å². The summed E-state index contributed by atoms with van der Waals surface area (Å²) in [5, 5.41) is 0. The van der Waals surface area contributed by atoms with E-state index in [1.165, 1.54) is 0 Å². The fraction of sp³-hybridized carbons (Fsp3) is 0.200. The third kappa shape index (κ3) is 4.03. The maximum Gasteiger partial charge on any atom is 0.363 e. The molecule has 0 atom stereocenters. The van der Waals surface area contributed by atoms with E-state index >= 15 is 0 Å². The molecule has 6 nitrogen and oxygen atoms in total.